The highest BCUT2D eigenvalue weighted by Crippen LogP contribution is 2.35. The van der Waals surface area contributed by atoms with E-state index < -0.39 is 0 Å². The summed E-state index contributed by atoms with van der Waals surface area (Å²) in [6.07, 6.45) is 2.57. The Hall–Kier alpha value is -1.60. The lowest BCUT2D eigenvalue weighted by Crippen LogP contribution is -2.26. The lowest BCUT2D eigenvalue weighted by molar-refractivity contribution is 0.620. The molecule has 0 aliphatic rings. The van der Waals surface area contributed by atoms with Gasteiger partial charge in [0.2, 0.25) is 0 Å². The minimum Gasteiger partial charge on any atom is -0.326 e. The molecule has 0 saturated carbocycles. The molecule has 0 bridgehead atoms. The second-order valence-corrected chi connectivity index (χ2v) is 5.34. The third-order valence-corrected chi connectivity index (χ3v) is 4.33. The summed E-state index contributed by atoms with van der Waals surface area (Å²) in [6, 6.07) is 5.69. The number of nitrogens with one attached hydrogen (secondary N) is 1. The Morgan fingerprint density at radius 1 is 1.53 bits per heavy atom. The Balaban J connectivity index is 2.29. The van der Waals surface area contributed by atoms with Crippen LogP contribution in [0.4, 0.5) is 0 Å². The van der Waals surface area contributed by atoms with Crippen molar-refractivity contribution in [2.75, 3.05) is 0 Å². The lowest BCUT2D eigenvalue weighted by atomic mass is 10.1. The molecule has 0 spiro atoms. The average Bonchev–Trinajstić information content (AvgIpc) is 2.76. The van der Waals surface area contributed by atoms with E-state index in [-0.39, 0.29) is 17.0 Å². The van der Waals surface area contributed by atoms with Crippen molar-refractivity contribution in [2.45, 2.75) is 29.8 Å². The Kier molecular flexibility index (Phi) is 4.39. The van der Waals surface area contributed by atoms with Crippen LogP contribution < -0.4 is 11.4 Å². The molecule has 0 aromatic carbocycles. The van der Waals surface area contributed by atoms with Crippen molar-refractivity contribution in [3.63, 3.8) is 0 Å². The fourth-order valence-electron chi connectivity index (χ4n) is 1.68. The van der Waals surface area contributed by atoms with Crippen molar-refractivity contribution >= 4 is 11.8 Å². The highest BCUT2D eigenvalue weighted by molar-refractivity contribution is 7.99. The highest BCUT2D eigenvalue weighted by atomic mass is 32.2. The number of aromatic nitrogens is 4. The van der Waals surface area contributed by atoms with Crippen molar-refractivity contribution in [3.8, 4) is 0 Å². The van der Waals surface area contributed by atoms with Crippen LogP contribution in [0.15, 0.2) is 34.3 Å². The normalized spacial score (nSPS) is 14.3. The second kappa shape index (κ2) is 6.03. The first kappa shape index (κ1) is 13.8. The first-order valence-corrected chi connectivity index (χ1v) is 6.96. The molecule has 0 amide bonds. The zero-order valence-corrected chi connectivity index (χ0v) is 11.7. The van der Waals surface area contributed by atoms with Crippen LogP contribution in [0.1, 0.15) is 24.3 Å². The molecule has 102 valence electrons. The largest absolute Gasteiger partial charge is 0.343 e. The zero-order valence-electron chi connectivity index (χ0n) is 10.9. The number of rotatable bonds is 5. The Bertz CT molecular complexity index is 579. The summed E-state index contributed by atoms with van der Waals surface area (Å²) in [4.78, 5) is 15.7. The van der Waals surface area contributed by atoms with Gasteiger partial charge in [-0.1, -0.05) is 24.8 Å². The fraction of sp³-hybridized carbons (Fsp3) is 0.417. The van der Waals surface area contributed by atoms with Gasteiger partial charge in [-0.05, 0) is 18.6 Å². The van der Waals surface area contributed by atoms with E-state index in [0.29, 0.717) is 5.16 Å². The first-order valence-electron chi connectivity index (χ1n) is 6.08. The molecule has 2 unspecified atom stereocenters. The number of thioether (sulfide) groups is 1. The number of H-pyrrole nitrogens is 1. The van der Waals surface area contributed by atoms with E-state index in [2.05, 4.69) is 15.2 Å². The monoisotopic (exact) mass is 279 g/mol. The van der Waals surface area contributed by atoms with Gasteiger partial charge in [-0.15, -0.1) is 5.10 Å². The third kappa shape index (κ3) is 3.05. The lowest BCUT2D eigenvalue weighted by Gasteiger charge is -2.21. The third-order valence-electron chi connectivity index (χ3n) is 2.91. The molecule has 0 radical (unpaired) electrons. The number of hydrogen-bond donors (Lipinski definition) is 2. The molecule has 2 aromatic rings. The molecule has 3 N–H and O–H groups in total. The average molecular weight is 279 g/mol. The van der Waals surface area contributed by atoms with Crippen LogP contribution in [0.5, 0.6) is 0 Å². The minimum atomic E-state index is -0.229. The predicted molar refractivity (Wildman–Crippen MR) is 74.9 cm³/mol. The SMILES string of the molecule is CCC(N)C(Sc1n[nH]c(=O)n1C)c1ccccn1. The summed E-state index contributed by atoms with van der Waals surface area (Å²) in [5.41, 5.74) is 6.84. The van der Waals surface area contributed by atoms with E-state index in [0.717, 1.165) is 12.1 Å². The molecule has 6 nitrogen and oxygen atoms in total. The topological polar surface area (TPSA) is 89.6 Å². The number of nitrogens with zero attached hydrogens (tertiary/aromatic N) is 3. The van der Waals surface area contributed by atoms with E-state index in [4.69, 9.17) is 5.73 Å². The van der Waals surface area contributed by atoms with E-state index in [9.17, 15) is 4.79 Å². The predicted octanol–water partition coefficient (Wildman–Crippen LogP) is 1.07. The van der Waals surface area contributed by atoms with Gasteiger partial charge in [-0.2, -0.15) is 0 Å². The molecular weight excluding hydrogens is 262 g/mol. The quantitative estimate of drug-likeness (QED) is 0.799. The number of nitrogens with two attached hydrogens (primary N) is 1. The van der Waals surface area contributed by atoms with Crippen molar-refractivity contribution < 1.29 is 0 Å². The molecule has 2 heterocycles. The number of pyridine rings is 1. The van der Waals surface area contributed by atoms with Gasteiger partial charge in [0.25, 0.3) is 0 Å². The molecule has 0 fully saturated rings. The summed E-state index contributed by atoms with van der Waals surface area (Å²) >= 11 is 1.46. The summed E-state index contributed by atoms with van der Waals surface area (Å²) in [7, 11) is 1.68. The summed E-state index contributed by atoms with van der Waals surface area (Å²) in [5.74, 6) is 0. The fourth-order valence-corrected chi connectivity index (χ4v) is 2.87. The maximum absolute atomic E-state index is 11.4. The smallest absolute Gasteiger partial charge is 0.326 e. The standard InChI is InChI=1S/C12H17N5OS/c1-3-8(13)10(9-6-4-5-7-14-9)19-12-16-15-11(18)17(12)2/h4-8,10H,3,13H2,1-2H3,(H,15,18). The molecule has 2 rings (SSSR count). The first-order chi connectivity index (χ1) is 9.13. The zero-order chi connectivity index (χ0) is 13.8. The van der Waals surface area contributed by atoms with Gasteiger partial charge in [0, 0.05) is 19.3 Å². The van der Waals surface area contributed by atoms with Gasteiger partial charge in [0.1, 0.15) is 0 Å². The minimum absolute atomic E-state index is 0.0277. The molecule has 2 aromatic heterocycles. The van der Waals surface area contributed by atoms with Crippen LogP contribution >= 0.6 is 11.8 Å². The number of aromatic amines is 1. The van der Waals surface area contributed by atoms with Gasteiger partial charge < -0.3 is 5.73 Å². The van der Waals surface area contributed by atoms with Crippen molar-refractivity contribution in [2.24, 2.45) is 12.8 Å². The van der Waals surface area contributed by atoms with Crippen LogP contribution in [-0.2, 0) is 7.05 Å². The van der Waals surface area contributed by atoms with E-state index >= 15 is 0 Å². The molecule has 0 aliphatic heterocycles. The number of hydrogen-bond acceptors (Lipinski definition) is 5. The molecular formula is C12H17N5OS. The van der Waals surface area contributed by atoms with Crippen LogP contribution in [0.25, 0.3) is 0 Å². The van der Waals surface area contributed by atoms with Crippen LogP contribution in [0.3, 0.4) is 0 Å². The molecule has 0 aliphatic carbocycles. The van der Waals surface area contributed by atoms with Crippen LogP contribution in [-0.4, -0.2) is 25.8 Å². The molecule has 19 heavy (non-hydrogen) atoms. The summed E-state index contributed by atoms with van der Waals surface area (Å²) in [6.45, 7) is 2.03. The van der Waals surface area contributed by atoms with Crippen molar-refractivity contribution in [1.82, 2.24) is 19.7 Å². The maximum atomic E-state index is 11.4. The maximum Gasteiger partial charge on any atom is 0.343 e. The Morgan fingerprint density at radius 3 is 2.84 bits per heavy atom. The van der Waals surface area contributed by atoms with Gasteiger partial charge >= 0.3 is 5.69 Å². The van der Waals surface area contributed by atoms with E-state index in [1.165, 1.54) is 16.3 Å². The molecule has 7 heteroatoms. The summed E-state index contributed by atoms with van der Waals surface area (Å²) in [5, 5.41) is 7.02. The highest BCUT2D eigenvalue weighted by Gasteiger charge is 2.23. The molecule has 0 saturated heterocycles. The van der Waals surface area contributed by atoms with Crippen LogP contribution in [0, 0.1) is 0 Å². The van der Waals surface area contributed by atoms with Crippen molar-refractivity contribution in [3.05, 3.63) is 40.6 Å². The van der Waals surface area contributed by atoms with E-state index in [1.807, 2.05) is 25.1 Å². The summed E-state index contributed by atoms with van der Waals surface area (Å²) < 4.78 is 1.48. The van der Waals surface area contributed by atoms with Gasteiger partial charge in [-0.25, -0.2) is 9.89 Å². The van der Waals surface area contributed by atoms with E-state index in [1.54, 1.807) is 13.2 Å². The van der Waals surface area contributed by atoms with Crippen molar-refractivity contribution in [1.29, 1.82) is 0 Å². The Morgan fingerprint density at radius 2 is 2.32 bits per heavy atom. The molecule has 2 atom stereocenters. The van der Waals surface area contributed by atoms with Crippen LogP contribution in [0.2, 0.25) is 0 Å². The second-order valence-electron chi connectivity index (χ2n) is 4.24. The van der Waals surface area contributed by atoms with Gasteiger partial charge in [0.15, 0.2) is 5.16 Å². The Labute approximate surface area is 115 Å². The van der Waals surface area contributed by atoms with Gasteiger partial charge in [0.05, 0.1) is 10.9 Å². The van der Waals surface area contributed by atoms with Gasteiger partial charge in [-0.3, -0.25) is 9.55 Å².